The molecule has 1 saturated heterocycles. The third-order valence-corrected chi connectivity index (χ3v) is 4.82. The molecular formula is C15H19N3O2S. The number of carbonyl (C=O) groups is 1. The maximum absolute atomic E-state index is 12.5. The molecule has 0 spiro atoms. The number of hydrogen-bond donors (Lipinski definition) is 1. The molecule has 2 aromatic heterocycles. The standard InChI is InChI=1S/C15H19N3O2S/c1-17-10-11(9-16-17)7-13-14(19)4-5-18(13)15(20)8-12-3-2-6-21-12/h2-3,6,9-10,13-14,19H,4-5,7-8H2,1H3/t13-,14-/m1/s1. The molecule has 6 heteroatoms. The van der Waals surface area contributed by atoms with Crippen molar-refractivity contribution in [1.82, 2.24) is 14.7 Å². The monoisotopic (exact) mass is 305 g/mol. The van der Waals surface area contributed by atoms with E-state index in [1.54, 1.807) is 22.2 Å². The predicted molar refractivity (Wildman–Crippen MR) is 81.1 cm³/mol. The first-order valence-corrected chi connectivity index (χ1v) is 7.99. The van der Waals surface area contributed by atoms with Crippen LogP contribution in [-0.4, -0.2) is 44.4 Å². The molecule has 1 aliphatic rings. The molecule has 5 nitrogen and oxygen atoms in total. The van der Waals surface area contributed by atoms with Crippen LogP contribution in [0.3, 0.4) is 0 Å². The van der Waals surface area contributed by atoms with Crippen molar-refractivity contribution >= 4 is 17.2 Å². The minimum Gasteiger partial charge on any atom is -0.391 e. The summed E-state index contributed by atoms with van der Waals surface area (Å²) < 4.78 is 1.74. The molecular weight excluding hydrogens is 286 g/mol. The van der Waals surface area contributed by atoms with Crippen LogP contribution in [0.2, 0.25) is 0 Å². The minimum atomic E-state index is -0.447. The highest BCUT2D eigenvalue weighted by atomic mass is 32.1. The van der Waals surface area contributed by atoms with Gasteiger partial charge in [-0.1, -0.05) is 6.07 Å². The number of aliphatic hydroxyl groups excluding tert-OH is 1. The summed E-state index contributed by atoms with van der Waals surface area (Å²) in [6, 6.07) is 3.80. The van der Waals surface area contributed by atoms with E-state index in [1.165, 1.54) is 0 Å². The zero-order valence-electron chi connectivity index (χ0n) is 12.0. The number of rotatable bonds is 4. The lowest BCUT2D eigenvalue weighted by molar-refractivity contribution is -0.132. The Morgan fingerprint density at radius 3 is 3.10 bits per heavy atom. The average molecular weight is 305 g/mol. The highest BCUT2D eigenvalue weighted by molar-refractivity contribution is 7.10. The number of amides is 1. The van der Waals surface area contributed by atoms with Gasteiger partial charge in [0.1, 0.15) is 0 Å². The number of thiophene rings is 1. The third-order valence-electron chi connectivity index (χ3n) is 3.94. The van der Waals surface area contributed by atoms with Crippen molar-refractivity contribution in [2.75, 3.05) is 6.54 Å². The summed E-state index contributed by atoms with van der Waals surface area (Å²) in [4.78, 5) is 15.4. The molecule has 0 aromatic carbocycles. The molecule has 1 N–H and O–H groups in total. The topological polar surface area (TPSA) is 58.4 Å². The van der Waals surface area contributed by atoms with E-state index in [0.717, 1.165) is 10.4 Å². The molecule has 1 aliphatic heterocycles. The first kappa shape index (κ1) is 14.3. The Kier molecular flexibility index (Phi) is 4.07. The minimum absolute atomic E-state index is 0.0999. The van der Waals surface area contributed by atoms with Gasteiger partial charge in [-0.3, -0.25) is 9.48 Å². The summed E-state index contributed by atoms with van der Waals surface area (Å²) in [7, 11) is 1.87. The SMILES string of the molecule is Cn1cc(C[C@@H]2[C@H](O)CCN2C(=O)Cc2cccs2)cn1. The maximum Gasteiger partial charge on any atom is 0.228 e. The predicted octanol–water partition coefficient (Wildman–Crippen LogP) is 1.23. The second kappa shape index (κ2) is 5.99. The zero-order chi connectivity index (χ0) is 14.8. The van der Waals surface area contributed by atoms with E-state index in [0.29, 0.717) is 25.8 Å². The molecule has 21 heavy (non-hydrogen) atoms. The molecule has 112 valence electrons. The van der Waals surface area contributed by atoms with Crippen LogP contribution < -0.4 is 0 Å². The number of aliphatic hydroxyl groups is 1. The van der Waals surface area contributed by atoms with Crippen molar-refractivity contribution in [2.24, 2.45) is 7.05 Å². The van der Waals surface area contributed by atoms with Gasteiger partial charge in [-0.2, -0.15) is 5.10 Å². The Morgan fingerprint density at radius 2 is 2.43 bits per heavy atom. The van der Waals surface area contributed by atoms with E-state index < -0.39 is 6.10 Å². The van der Waals surface area contributed by atoms with E-state index in [4.69, 9.17) is 0 Å². The van der Waals surface area contributed by atoms with E-state index >= 15 is 0 Å². The maximum atomic E-state index is 12.5. The van der Waals surface area contributed by atoms with Gasteiger partial charge in [-0.15, -0.1) is 11.3 Å². The van der Waals surface area contributed by atoms with Crippen LogP contribution in [0.4, 0.5) is 0 Å². The Bertz CT molecular complexity index is 608. The smallest absolute Gasteiger partial charge is 0.228 e. The molecule has 0 aliphatic carbocycles. The highest BCUT2D eigenvalue weighted by Crippen LogP contribution is 2.23. The number of aryl methyl sites for hydroxylation is 1. The van der Waals surface area contributed by atoms with Gasteiger partial charge in [0, 0.05) is 24.7 Å². The summed E-state index contributed by atoms with van der Waals surface area (Å²) >= 11 is 1.60. The summed E-state index contributed by atoms with van der Waals surface area (Å²) in [5.41, 5.74) is 1.05. The molecule has 0 unspecified atom stereocenters. The van der Waals surface area contributed by atoms with Crippen LogP contribution in [0.1, 0.15) is 16.9 Å². The van der Waals surface area contributed by atoms with Crippen molar-refractivity contribution in [3.05, 3.63) is 40.3 Å². The van der Waals surface area contributed by atoms with Gasteiger partial charge >= 0.3 is 0 Å². The average Bonchev–Trinajstić information content (AvgIpc) is 3.15. The Morgan fingerprint density at radius 1 is 1.57 bits per heavy atom. The first-order valence-electron chi connectivity index (χ1n) is 7.11. The fourth-order valence-electron chi connectivity index (χ4n) is 2.88. The van der Waals surface area contributed by atoms with Crippen LogP contribution in [-0.2, 0) is 24.7 Å². The summed E-state index contributed by atoms with van der Waals surface area (Å²) in [6.45, 7) is 0.635. The van der Waals surface area contributed by atoms with Crippen LogP contribution >= 0.6 is 11.3 Å². The van der Waals surface area contributed by atoms with Gasteiger partial charge in [0.25, 0.3) is 0 Å². The normalized spacial score (nSPS) is 21.9. The second-order valence-corrected chi connectivity index (χ2v) is 6.53. The molecule has 2 atom stereocenters. The number of aromatic nitrogens is 2. The fourth-order valence-corrected chi connectivity index (χ4v) is 3.57. The Hall–Kier alpha value is -1.66. The van der Waals surface area contributed by atoms with Crippen molar-refractivity contribution in [1.29, 1.82) is 0 Å². The lowest BCUT2D eigenvalue weighted by atomic mass is 10.0. The lowest BCUT2D eigenvalue weighted by Crippen LogP contribution is -2.41. The number of hydrogen-bond acceptors (Lipinski definition) is 4. The number of likely N-dealkylation sites (tertiary alicyclic amines) is 1. The Balaban J connectivity index is 1.69. The molecule has 3 heterocycles. The summed E-state index contributed by atoms with van der Waals surface area (Å²) in [5.74, 6) is 0.0999. The summed E-state index contributed by atoms with van der Waals surface area (Å²) in [6.07, 6.45) is 5.03. The van der Waals surface area contributed by atoms with Crippen molar-refractivity contribution in [2.45, 2.75) is 31.4 Å². The summed E-state index contributed by atoms with van der Waals surface area (Å²) in [5, 5.41) is 16.3. The number of nitrogens with zero attached hydrogens (tertiary/aromatic N) is 3. The second-order valence-electron chi connectivity index (χ2n) is 5.49. The van der Waals surface area contributed by atoms with Crippen molar-refractivity contribution in [3.8, 4) is 0 Å². The quantitative estimate of drug-likeness (QED) is 0.924. The first-order chi connectivity index (χ1) is 10.1. The van der Waals surface area contributed by atoms with Gasteiger partial charge in [0.15, 0.2) is 0 Å². The van der Waals surface area contributed by atoms with Gasteiger partial charge in [-0.25, -0.2) is 0 Å². The van der Waals surface area contributed by atoms with Crippen molar-refractivity contribution in [3.63, 3.8) is 0 Å². The van der Waals surface area contributed by atoms with Crippen LogP contribution in [0.15, 0.2) is 29.9 Å². The largest absolute Gasteiger partial charge is 0.391 e. The van der Waals surface area contributed by atoms with Crippen molar-refractivity contribution < 1.29 is 9.90 Å². The molecule has 1 amide bonds. The molecule has 0 bridgehead atoms. The van der Waals surface area contributed by atoms with E-state index in [-0.39, 0.29) is 11.9 Å². The van der Waals surface area contributed by atoms with Gasteiger partial charge in [0.05, 0.1) is 24.8 Å². The third kappa shape index (κ3) is 3.16. The van der Waals surface area contributed by atoms with Crippen LogP contribution in [0, 0.1) is 0 Å². The molecule has 1 fully saturated rings. The van der Waals surface area contributed by atoms with Gasteiger partial charge < -0.3 is 10.0 Å². The van der Waals surface area contributed by atoms with E-state index in [2.05, 4.69) is 5.10 Å². The molecule has 0 radical (unpaired) electrons. The Labute approximate surface area is 127 Å². The molecule has 2 aromatic rings. The number of carbonyl (C=O) groups excluding carboxylic acids is 1. The van der Waals surface area contributed by atoms with Gasteiger partial charge in [-0.05, 0) is 29.9 Å². The zero-order valence-corrected chi connectivity index (χ0v) is 12.8. The fraction of sp³-hybridized carbons (Fsp3) is 0.467. The van der Waals surface area contributed by atoms with E-state index in [9.17, 15) is 9.90 Å². The highest BCUT2D eigenvalue weighted by Gasteiger charge is 2.35. The van der Waals surface area contributed by atoms with E-state index in [1.807, 2.05) is 35.7 Å². The molecule has 3 rings (SSSR count). The lowest BCUT2D eigenvalue weighted by Gasteiger charge is -2.26. The van der Waals surface area contributed by atoms with Gasteiger partial charge in [0.2, 0.25) is 5.91 Å². The van der Waals surface area contributed by atoms with Crippen LogP contribution in [0.5, 0.6) is 0 Å². The molecule has 0 saturated carbocycles. The van der Waals surface area contributed by atoms with Crippen LogP contribution in [0.25, 0.3) is 0 Å².